The fraction of sp³-hybridized carbons (Fsp3) is 0.174. The third-order valence-corrected chi connectivity index (χ3v) is 5.77. The number of fused-ring (bicyclic) bond motifs is 1. The minimum absolute atomic E-state index is 0.0303. The SMILES string of the molecule is O=C(c1ccn2c(-c3ccc(Cl)cc3)nnc2c1)N1CCN(c2ccc(F)cc2)CC1. The van der Waals surface area contributed by atoms with Gasteiger partial charge in [-0.3, -0.25) is 9.20 Å². The summed E-state index contributed by atoms with van der Waals surface area (Å²) in [6, 6.07) is 17.4. The average Bonchev–Trinajstić information content (AvgIpc) is 3.23. The number of halogens is 2. The molecule has 0 N–H and O–H groups in total. The zero-order chi connectivity index (χ0) is 21.4. The lowest BCUT2D eigenvalue weighted by Gasteiger charge is -2.36. The van der Waals surface area contributed by atoms with Crippen molar-refractivity contribution in [3.63, 3.8) is 0 Å². The second kappa shape index (κ2) is 8.00. The summed E-state index contributed by atoms with van der Waals surface area (Å²) in [6.45, 7) is 2.60. The first kappa shape index (κ1) is 19.5. The van der Waals surface area contributed by atoms with E-state index in [1.165, 1.54) is 12.1 Å². The van der Waals surface area contributed by atoms with Crippen LogP contribution in [-0.4, -0.2) is 51.6 Å². The third-order valence-electron chi connectivity index (χ3n) is 5.52. The molecule has 0 atom stereocenters. The van der Waals surface area contributed by atoms with Crippen molar-refractivity contribution in [3.05, 3.63) is 83.3 Å². The van der Waals surface area contributed by atoms with Crippen LogP contribution in [0.5, 0.6) is 0 Å². The van der Waals surface area contributed by atoms with Crippen LogP contribution in [0.15, 0.2) is 66.9 Å². The Bertz CT molecular complexity index is 1230. The number of nitrogens with zero attached hydrogens (tertiary/aromatic N) is 5. The normalized spacial score (nSPS) is 14.3. The molecule has 31 heavy (non-hydrogen) atoms. The largest absolute Gasteiger partial charge is 0.368 e. The molecule has 0 aliphatic carbocycles. The number of anilines is 1. The fourth-order valence-corrected chi connectivity index (χ4v) is 3.95. The molecule has 8 heteroatoms. The summed E-state index contributed by atoms with van der Waals surface area (Å²) >= 11 is 5.97. The molecule has 1 fully saturated rings. The summed E-state index contributed by atoms with van der Waals surface area (Å²) in [5.74, 6) is 0.413. The Hall–Kier alpha value is -3.45. The number of benzene rings is 2. The summed E-state index contributed by atoms with van der Waals surface area (Å²) in [5.41, 5.74) is 3.06. The lowest BCUT2D eigenvalue weighted by Crippen LogP contribution is -2.48. The number of carbonyl (C=O) groups is 1. The molecule has 4 aromatic rings. The van der Waals surface area contributed by atoms with Crippen molar-refractivity contribution >= 4 is 28.8 Å². The van der Waals surface area contributed by atoms with Crippen LogP contribution in [0.2, 0.25) is 5.02 Å². The number of carbonyl (C=O) groups excluding carboxylic acids is 1. The Morgan fingerprint density at radius 2 is 1.61 bits per heavy atom. The Kier molecular flexibility index (Phi) is 5.03. The van der Waals surface area contributed by atoms with Crippen molar-refractivity contribution in [3.8, 4) is 11.4 Å². The smallest absolute Gasteiger partial charge is 0.254 e. The first-order chi connectivity index (χ1) is 15.1. The molecule has 156 valence electrons. The number of aromatic nitrogens is 3. The van der Waals surface area contributed by atoms with E-state index in [1.807, 2.05) is 27.6 Å². The zero-order valence-corrected chi connectivity index (χ0v) is 17.3. The summed E-state index contributed by atoms with van der Waals surface area (Å²) in [4.78, 5) is 17.0. The highest BCUT2D eigenvalue weighted by Gasteiger charge is 2.23. The maximum atomic E-state index is 13.1. The Labute approximate surface area is 183 Å². The molecule has 0 saturated carbocycles. The monoisotopic (exact) mass is 435 g/mol. The second-order valence-electron chi connectivity index (χ2n) is 7.43. The molecule has 1 amide bonds. The van der Waals surface area contributed by atoms with Crippen molar-refractivity contribution < 1.29 is 9.18 Å². The fourth-order valence-electron chi connectivity index (χ4n) is 3.82. The first-order valence-electron chi connectivity index (χ1n) is 9.99. The molecule has 1 saturated heterocycles. The van der Waals surface area contributed by atoms with E-state index < -0.39 is 0 Å². The molecule has 0 unspecified atom stereocenters. The molecule has 0 radical (unpaired) electrons. The number of pyridine rings is 1. The van der Waals surface area contributed by atoms with E-state index in [-0.39, 0.29) is 11.7 Å². The summed E-state index contributed by atoms with van der Waals surface area (Å²) < 4.78 is 15.0. The molecule has 3 heterocycles. The van der Waals surface area contributed by atoms with Gasteiger partial charge in [-0.25, -0.2) is 4.39 Å². The van der Waals surface area contributed by atoms with Gasteiger partial charge in [0, 0.05) is 54.2 Å². The zero-order valence-electron chi connectivity index (χ0n) is 16.6. The van der Waals surface area contributed by atoms with E-state index in [1.54, 1.807) is 36.4 Å². The number of hydrogen-bond acceptors (Lipinski definition) is 4. The van der Waals surface area contributed by atoms with Crippen LogP contribution < -0.4 is 4.90 Å². The predicted molar refractivity (Wildman–Crippen MR) is 118 cm³/mol. The van der Waals surface area contributed by atoms with Crippen molar-refractivity contribution in [1.82, 2.24) is 19.5 Å². The number of hydrogen-bond donors (Lipinski definition) is 0. The highest BCUT2D eigenvalue weighted by atomic mass is 35.5. The van der Waals surface area contributed by atoms with Crippen LogP contribution >= 0.6 is 11.6 Å². The van der Waals surface area contributed by atoms with Gasteiger partial charge in [-0.15, -0.1) is 10.2 Å². The standard InChI is InChI=1S/C23H19ClFN5O/c24-18-3-1-16(2-4-18)22-27-26-21-15-17(9-10-30(21)22)23(31)29-13-11-28(12-14-29)20-7-5-19(25)6-8-20/h1-10,15H,11-14H2. The van der Waals surface area contributed by atoms with Crippen LogP contribution in [0.4, 0.5) is 10.1 Å². The van der Waals surface area contributed by atoms with E-state index >= 15 is 0 Å². The van der Waals surface area contributed by atoms with Crippen molar-refractivity contribution in [1.29, 1.82) is 0 Å². The van der Waals surface area contributed by atoms with Gasteiger partial charge in [-0.2, -0.15) is 0 Å². The van der Waals surface area contributed by atoms with Gasteiger partial charge in [-0.05, 0) is 60.7 Å². The van der Waals surface area contributed by atoms with Gasteiger partial charge in [0.05, 0.1) is 0 Å². The Balaban J connectivity index is 1.31. The average molecular weight is 436 g/mol. The highest BCUT2D eigenvalue weighted by Crippen LogP contribution is 2.22. The lowest BCUT2D eigenvalue weighted by atomic mass is 10.2. The van der Waals surface area contributed by atoms with Gasteiger partial charge in [0.2, 0.25) is 0 Å². The molecular formula is C23H19ClFN5O. The lowest BCUT2D eigenvalue weighted by molar-refractivity contribution is 0.0747. The van der Waals surface area contributed by atoms with Crippen LogP contribution in [0.1, 0.15) is 10.4 Å². The molecule has 0 bridgehead atoms. The molecule has 0 spiro atoms. The first-order valence-corrected chi connectivity index (χ1v) is 10.4. The summed E-state index contributed by atoms with van der Waals surface area (Å²) in [5, 5.41) is 9.16. The van der Waals surface area contributed by atoms with Crippen molar-refractivity contribution in [2.24, 2.45) is 0 Å². The van der Waals surface area contributed by atoms with Gasteiger partial charge in [-0.1, -0.05) is 11.6 Å². The predicted octanol–water partition coefficient (Wildman–Crippen LogP) is 4.15. The molecule has 1 aliphatic heterocycles. The van der Waals surface area contributed by atoms with Crippen molar-refractivity contribution in [2.45, 2.75) is 0 Å². The van der Waals surface area contributed by atoms with E-state index in [2.05, 4.69) is 15.1 Å². The van der Waals surface area contributed by atoms with E-state index in [4.69, 9.17) is 11.6 Å². The second-order valence-corrected chi connectivity index (χ2v) is 7.87. The van der Waals surface area contributed by atoms with Crippen LogP contribution in [-0.2, 0) is 0 Å². The number of piperazine rings is 1. The minimum atomic E-state index is -0.249. The number of amides is 1. The molecule has 5 rings (SSSR count). The summed E-state index contributed by atoms with van der Waals surface area (Å²) in [7, 11) is 0. The maximum absolute atomic E-state index is 13.1. The van der Waals surface area contributed by atoms with Crippen LogP contribution in [0, 0.1) is 5.82 Å². The molecule has 2 aromatic heterocycles. The van der Waals surface area contributed by atoms with Gasteiger partial charge in [0.15, 0.2) is 11.5 Å². The van der Waals surface area contributed by atoms with Gasteiger partial charge in [0.1, 0.15) is 5.82 Å². The van der Waals surface area contributed by atoms with E-state index in [0.717, 1.165) is 11.3 Å². The maximum Gasteiger partial charge on any atom is 0.254 e. The minimum Gasteiger partial charge on any atom is -0.368 e. The van der Waals surface area contributed by atoms with Gasteiger partial charge in [0.25, 0.3) is 5.91 Å². The molecule has 6 nitrogen and oxygen atoms in total. The Morgan fingerprint density at radius 1 is 0.903 bits per heavy atom. The van der Waals surface area contributed by atoms with Crippen LogP contribution in [0.3, 0.4) is 0 Å². The molecule has 2 aromatic carbocycles. The number of rotatable bonds is 3. The third kappa shape index (κ3) is 3.84. The topological polar surface area (TPSA) is 53.7 Å². The molecule has 1 aliphatic rings. The summed E-state index contributed by atoms with van der Waals surface area (Å²) in [6.07, 6.45) is 1.82. The Morgan fingerprint density at radius 3 is 2.32 bits per heavy atom. The quantitative estimate of drug-likeness (QED) is 0.485. The van der Waals surface area contributed by atoms with E-state index in [9.17, 15) is 9.18 Å². The van der Waals surface area contributed by atoms with E-state index in [0.29, 0.717) is 48.2 Å². The van der Waals surface area contributed by atoms with Crippen molar-refractivity contribution in [2.75, 3.05) is 31.1 Å². The molecular weight excluding hydrogens is 417 g/mol. The highest BCUT2D eigenvalue weighted by molar-refractivity contribution is 6.30. The van der Waals surface area contributed by atoms with Gasteiger partial charge >= 0.3 is 0 Å². The van der Waals surface area contributed by atoms with Gasteiger partial charge < -0.3 is 9.80 Å². The van der Waals surface area contributed by atoms with Crippen LogP contribution in [0.25, 0.3) is 17.0 Å².